The Morgan fingerprint density at radius 1 is 1.36 bits per heavy atom. The van der Waals surface area contributed by atoms with E-state index < -0.39 is 0 Å². The molecule has 0 aromatic heterocycles. The largest absolute Gasteiger partial charge is 0.496 e. The molecule has 2 rings (SSSR count). The summed E-state index contributed by atoms with van der Waals surface area (Å²) in [6.45, 7) is 1.09. The van der Waals surface area contributed by atoms with Crippen molar-refractivity contribution in [1.82, 2.24) is 4.90 Å². The number of amides is 2. The zero-order chi connectivity index (χ0) is 16.1. The van der Waals surface area contributed by atoms with Crippen molar-refractivity contribution >= 4 is 29.5 Å². The van der Waals surface area contributed by atoms with Crippen molar-refractivity contribution in [2.45, 2.75) is 12.8 Å². The van der Waals surface area contributed by atoms with Gasteiger partial charge in [0.1, 0.15) is 5.75 Å². The molecule has 1 saturated heterocycles. The predicted octanol–water partition coefficient (Wildman–Crippen LogP) is 2.09. The van der Waals surface area contributed by atoms with E-state index >= 15 is 0 Å². The molecule has 0 aliphatic carbocycles. The summed E-state index contributed by atoms with van der Waals surface area (Å²) in [6.07, 6.45) is 4.43. The average Bonchev–Trinajstić information content (AvgIpc) is 2.52. The van der Waals surface area contributed by atoms with E-state index in [-0.39, 0.29) is 17.7 Å². The number of halogens is 1. The van der Waals surface area contributed by atoms with Crippen molar-refractivity contribution in [2.75, 3.05) is 20.2 Å². The zero-order valence-electron chi connectivity index (χ0n) is 12.4. The van der Waals surface area contributed by atoms with Crippen LogP contribution in [0.2, 0.25) is 5.02 Å². The number of benzene rings is 1. The quantitative estimate of drug-likeness (QED) is 0.863. The van der Waals surface area contributed by atoms with Crippen molar-refractivity contribution in [3.8, 4) is 5.75 Å². The molecule has 0 saturated carbocycles. The predicted molar refractivity (Wildman–Crippen MR) is 85.5 cm³/mol. The lowest BCUT2D eigenvalue weighted by molar-refractivity contribution is -0.130. The maximum atomic E-state index is 12.2. The van der Waals surface area contributed by atoms with Gasteiger partial charge in [0, 0.05) is 35.7 Å². The second kappa shape index (κ2) is 7.31. The van der Waals surface area contributed by atoms with E-state index in [2.05, 4.69) is 0 Å². The van der Waals surface area contributed by atoms with Crippen LogP contribution in [0, 0.1) is 5.92 Å². The van der Waals surface area contributed by atoms with Gasteiger partial charge in [-0.25, -0.2) is 0 Å². The molecule has 22 heavy (non-hydrogen) atoms. The molecular weight excluding hydrogens is 304 g/mol. The normalized spacial score (nSPS) is 16.0. The number of likely N-dealkylation sites (tertiary alicyclic amines) is 1. The molecule has 118 valence electrons. The molecule has 1 heterocycles. The van der Waals surface area contributed by atoms with Gasteiger partial charge in [-0.15, -0.1) is 0 Å². The Morgan fingerprint density at radius 2 is 2.05 bits per heavy atom. The fraction of sp³-hybridized carbons (Fsp3) is 0.375. The van der Waals surface area contributed by atoms with Crippen LogP contribution in [-0.2, 0) is 9.59 Å². The van der Waals surface area contributed by atoms with Crippen molar-refractivity contribution < 1.29 is 14.3 Å². The van der Waals surface area contributed by atoms with Crippen molar-refractivity contribution in [2.24, 2.45) is 11.7 Å². The second-order valence-electron chi connectivity index (χ2n) is 5.22. The molecule has 0 bridgehead atoms. The molecule has 0 spiro atoms. The maximum Gasteiger partial charge on any atom is 0.246 e. The Labute approximate surface area is 134 Å². The number of primary amides is 1. The first-order chi connectivity index (χ1) is 10.5. The average molecular weight is 323 g/mol. The molecule has 0 radical (unpaired) electrons. The highest BCUT2D eigenvalue weighted by Crippen LogP contribution is 2.24. The first kappa shape index (κ1) is 16.4. The summed E-state index contributed by atoms with van der Waals surface area (Å²) in [7, 11) is 1.57. The van der Waals surface area contributed by atoms with Crippen LogP contribution in [0.25, 0.3) is 6.08 Å². The highest BCUT2D eigenvalue weighted by Gasteiger charge is 2.24. The molecule has 1 aliphatic heterocycles. The van der Waals surface area contributed by atoms with Gasteiger partial charge in [0.25, 0.3) is 0 Å². The Hall–Kier alpha value is -2.01. The van der Waals surface area contributed by atoms with Gasteiger partial charge < -0.3 is 15.4 Å². The number of nitrogens with zero attached hydrogens (tertiary/aromatic N) is 1. The number of hydrogen-bond donors (Lipinski definition) is 1. The van der Waals surface area contributed by atoms with Crippen LogP contribution in [0.4, 0.5) is 0 Å². The lowest BCUT2D eigenvalue weighted by Crippen LogP contribution is -2.41. The van der Waals surface area contributed by atoms with Crippen LogP contribution in [0.3, 0.4) is 0 Å². The SMILES string of the molecule is COc1ccc(Cl)cc1C=CC(=O)N1CCC(C(N)=O)CC1. The summed E-state index contributed by atoms with van der Waals surface area (Å²) in [5.41, 5.74) is 6.03. The van der Waals surface area contributed by atoms with Crippen LogP contribution in [0.15, 0.2) is 24.3 Å². The number of carbonyl (C=O) groups is 2. The third-order valence-electron chi connectivity index (χ3n) is 3.81. The molecule has 1 aliphatic rings. The van der Waals surface area contributed by atoms with Crippen LogP contribution < -0.4 is 10.5 Å². The van der Waals surface area contributed by atoms with Crippen LogP contribution >= 0.6 is 11.6 Å². The molecule has 2 amide bonds. The van der Waals surface area contributed by atoms with Gasteiger partial charge >= 0.3 is 0 Å². The third kappa shape index (κ3) is 4.01. The first-order valence-electron chi connectivity index (χ1n) is 7.11. The van der Waals surface area contributed by atoms with E-state index in [9.17, 15) is 9.59 Å². The third-order valence-corrected chi connectivity index (χ3v) is 4.04. The van der Waals surface area contributed by atoms with E-state index in [1.165, 1.54) is 6.08 Å². The fourth-order valence-electron chi connectivity index (χ4n) is 2.49. The molecular formula is C16H19ClN2O3. The fourth-order valence-corrected chi connectivity index (χ4v) is 2.67. The summed E-state index contributed by atoms with van der Waals surface area (Å²) in [6, 6.07) is 5.22. The van der Waals surface area contributed by atoms with E-state index in [1.54, 1.807) is 36.3 Å². The lowest BCUT2D eigenvalue weighted by Gasteiger charge is -2.29. The van der Waals surface area contributed by atoms with Gasteiger partial charge in [-0.05, 0) is 37.1 Å². The van der Waals surface area contributed by atoms with Crippen LogP contribution in [0.1, 0.15) is 18.4 Å². The number of methoxy groups -OCH3 is 1. The van der Waals surface area contributed by atoms with Gasteiger partial charge in [0.2, 0.25) is 11.8 Å². The first-order valence-corrected chi connectivity index (χ1v) is 7.49. The van der Waals surface area contributed by atoms with E-state index in [0.717, 1.165) is 5.56 Å². The minimum absolute atomic E-state index is 0.0926. The van der Waals surface area contributed by atoms with Crippen molar-refractivity contribution in [1.29, 1.82) is 0 Å². The number of ether oxygens (including phenoxy) is 1. The highest BCUT2D eigenvalue weighted by atomic mass is 35.5. The Balaban J connectivity index is 2.00. The molecule has 1 fully saturated rings. The van der Waals surface area contributed by atoms with Crippen molar-refractivity contribution in [3.05, 3.63) is 34.9 Å². The summed E-state index contributed by atoms with van der Waals surface area (Å²) in [5.74, 6) is 0.151. The molecule has 5 nitrogen and oxygen atoms in total. The van der Waals surface area contributed by atoms with Gasteiger partial charge in [-0.1, -0.05) is 11.6 Å². The molecule has 0 atom stereocenters. The minimum atomic E-state index is -0.286. The Bertz CT molecular complexity index is 593. The Morgan fingerprint density at radius 3 is 2.64 bits per heavy atom. The number of rotatable bonds is 4. The Kier molecular flexibility index (Phi) is 5.44. The number of hydrogen-bond acceptors (Lipinski definition) is 3. The summed E-state index contributed by atoms with van der Waals surface area (Å²) >= 11 is 5.95. The monoisotopic (exact) mass is 322 g/mol. The number of carbonyl (C=O) groups excluding carboxylic acids is 2. The lowest BCUT2D eigenvalue weighted by atomic mass is 9.96. The standard InChI is InChI=1S/C16H19ClN2O3/c1-22-14-4-3-13(17)10-12(14)2-5-15(20)19-8-6-11(7-9-19)16(18)21/h2-5,10-11H,6-9H2,1H3,(H2,18,21). The maximum absolute atomic E-state index is 12.2. The molecule has 1 aromatic carbocycles. The van der Waals surface area contributed by atoms with Gasteiger partial charge in [0.15, 0.2) is 0 Å². The van der Waals surface area contributed by atoms with E-state index in [1.807, 2.05) is 0 Å². The molecule has 1 aromatic rings. The number of piperidine rings is 1. The van der Waals surface area contributed by atoms with E-state index in [4.69, 9.17) is 22.1 Å². The smallest absolute Gasteiger partial charge is 0.246 e. The molecule has 0 unspecified atom stereocenters. The minimum Gasteiger partial charge on any atom is -0.496 e. The van der Waals surface area contributed by atoms with Gasteiger partial charge in [-0.3, -0.25) is 9.59 Å². The second-order valence-corrected chi connectivity index (χ2v) is 5.66. The summed E-state index contributed by atoms with van der Waals surface area (Å²) in [4.78, 5) is 25.0. The van der Waals surface area contributed by atoms with Crippen LogP contribution in [0.5, 0.6) is 5.75 Å². The van der Waals surface area contributed by atoms with Crippen LogP contribution in [-0.4, -0.2) is 36.9 Å². The van der Waals surface area contributed by atoms with Crippen molar-refractivity contribution in [3.63, 3.8) is 0 Å². The van der Waals surface area contributed by atoms with Gasteiger partial charge in [-0.2, -0.15) is 0 Å². The summed E-state index contributed by atoms with van der Waals surface area (Å²) < 4.78 is 5.23. The zero-order valence-corrected chi connectivity index (χ0v) is 13.2. The highest BCUT2D eigenvalue weighted by molar-refractivity contribution is 6.30. The summed E-state index contributed by atoms with van der Waals surface area (Å²) in [5, 5.41) is 0.579. The molecule has 2 N–H and O–H groups in total. The topological polar surface area (TPSA) is 72.6 Å². The molecule has 6 heteroatoms. The van der Waals surface area contributed by atoms with Gasteiger partial charge in [0.05, 0.1) is 7.11 Å². The number of nitrogens with two attached hydrogens (primary N) is 1. The van der Waals surface area contributed by atoms with E-state index in [0.29, 0.717) is 36.7 Å².